The number of anilines is 1. The van der Waals surface area contributed by atoms with E-state index >= 15 is 0 Å². The smallest absolute Gasteiger partial charge is 0.387 e. The highest BCUT2D eigenvalue weighted by atomic mass is 19.3. The number of benzene rings is 2. The van der Waals surface area contributed by atoms with Gasteiger partial charge in [-0.15, -0.1) is 0 Å². The molecule has 1 aliphatic rings. The van der Waals surface area contributed by atoms with E-state index in [9.17, 15) is 8.78 Å². The molecule has 2 aromatic rings. The zero-order valence-electron chi connectivity index (χ0n) is 12.5. The van der Waals surface area contributed by atoms with Gasteiger partial charge in [-0.2, -0.15) is 8.78 Å². The van der Waals surface area contributed by atoms with E-state index in [-0.39, 0.29) is 25.0 Å². The van der Waals surface area contributed by atoms with Crippen molar-refractivity contribution in [2.75, 3.05) is 12.1 Å². The Labute approximate surface area is 136 Å². The van der Waals surface area contributed by atoms with Crippen LogP contribution < -0.4 is 25.3 Å². The van der Waals surface area contributed by atoms with E-state index in [1.54, 1.807) is 6.07 Å². The van der Waals surface area contributed by atoms with Crippen LogP contribution in [0.4, 0.5) is 14.5 Å². The number of alkyl halides is 2. The Kier molecular flexibility index (Phi) is 4.64. The zero-order chi connectivity index (χ0) is 16.9. The fourth-order valence-corrected chi connectivity index (χ4v) is 2.17. The number of halogens is 2. The lowest BCUT2D eigenvalue weighted by atomic mass is 10.1. The lowest BCUT2D eigenvalue weighted by molar-refractivity contribution is -0.0504. The van der Waals surface area contributed by atoms with Crippen molar-refractivity contribution in [3.8, 4) is 17.2 Å². The summed E-state index contributed by atoms with van der Waals surface area (Å²) in [5.41, 5.74) is 7.00. The van der Waals surface area contributed by atoms with Crippen LogP contribution in [0.5, 0.6) is 17.2 Å². The Morgan fingerprint density at radius 3 is 2.62 bits per heavy atom. The summed E-state index contributed by atoms with van der Waals surface area (Å²) in [6, 6.07) is 12.1. The minimum absolute atomic E-state index is 0.0227. The topological polar surface area (TPSA) is 78.1 Å². The van der Waals surface area contributed by atoms with Crippen molar-refractivity contribution in [1.82, 2.24) is 0 Å². The van der Waals surface area contributed by atoms with Crippen LogP contribution in [-0.4, -0.2) is 19.4 Å². The van der Waals surface area contributed by atoms with Crippen LogP contribution >= 0.6 is 0 Å². The summed E-state index contributed by atoms with van der Waals surface area (Å²) in [4.78, 5) is 4.15. The summed E-state index contributed by atoms with van der Waals surface area (Å²) < 4.78 is 40.1. The standard InChI is InChI=1S/C16H15F2N3O3/c17-15(18)24-12-7-14-13(22-9-23-14)6-10(12)8-20-16(19)21-11-4-2-1-3-5-11/h1-7,15H,8-9H2,(H3,19,20,21). The Morgan fingerprint density at radius 1 is 1.21 bits per heavy atom. The molecule has 24 heavy (non-hydrogen) atoms. The fourth-order valence-electron chi connectivity index (χ4n) is 2.17. The highest BCUT2D eigenvalue weighted by Crippen LogP contribution is 2.39. The maximum atomic E-state index is 12.6. The Balaban J connectivity index is 1.77. The van der Waals surface area contributed by atoms with Gasteiger partial charge in [-0.3, -0.25) is 0 Å². The number of rotatable bonds is 5. The van der Waals surface area contributed by atoms with Crippen LogP contribution in [-0.2, 0) is 6.54 Å². The summed E-state index contributed by atoms with van der Waals surface area (Å²) in [7, 11) is 0. The number of hydrogen-bond acceptors (Lipinski definition) is 4. The molecule has 2 aromatic carbocycles. The highest BCUT2D eigenvalue weighted by molar-refractivity contribution is 5.92. The number of hydrogen-bond donors (Lipinski definition) is 2. The first-order chi connectivity index (χ1) is 11.6. The average molecular weight is 335 g/mol. The summed E-state index contributed by atoms with van der Waals surface area (Å²) in [6.07, 6.45) is 0. The number of nitrogens with one attached hydrogen (secondary N) is 1. The Morgan fingerprint density at radius 2 is 1.92 bits per heavy atom. The third-order valence-electron chi connectivity index (χ3n) is 3.24. The predicted octanol–water partition coefficient (Wildman–Crippen LogP) is 2.94. The molecule has 0 saturated heterocycles. The molecule has 0 unspecified atom stereocenters. The Hall–Kier alpha value is -3.03. The molecule has 6 nitrogen and oxygen atoms in total. The second-order valence-electron chi connectivity index (χ2n) is 4.88. The van der Waals surface area contributed by atoms with Crippen molar-refractivity contribution in [3.05, 3.63) is 48.0 Å². The van der Waals surface area contributed by atoms with E-state index in [4.69, 9.17) is 15.2 Å². The maximum absolute atomic E-state index is 12.6. The van der Waals surface area contributed by atoms with Crippen LogP contribution in [0, 0.1) is 0 Å². The summed E-state index contributed by atoms with van der Waals surface area (Å²) in [6.45, 7) is -2.87. The van der Waals surface area contributed by atoms with Crippen LogP contribution in [0.1, 0.15) is 5.56 Å². The molecular weight excluding hydrogens is 320 g/mol. The van der Waals surface area contributed by atoms with Crippen LogP contribution in [0.2, 0.25) is 0 Å². The van der Waals surface area contributed by atoms with E-state index in [1.807, 2.05) is 30.3 Å². The number of fused-ring (bicyclic) bond motifs is 1. The lowest BCUT2D eigenvalue weighted by Crippen LogP contribution is -2.22. The molecule has 0 bridgehead atoms. The summed E-state index contributed by atoms with van der Waals surface area (Å²) in [5.74, 6) is 0.942. The number of nitrogens with zero attached hydrogens (tertiary/aromatic N) is 1. The summed E-state index contributed by atoms with van der Waals surface area (Å²) >= 11 is 0. The first-order valence-electron chi connectivity index (χ1n) is 7.11. The normalized spacial score (nSPS) is 13.2. The summed E-state index contributed by atoms with van der Waals surface area (Å²) in [5, 5.41) is 2.91. The van der Waals surface area contributed by atoms with Gasteiger partial charge in [0.25, 0.3) is 0 Å². The van der Waals surface area contributed by atoms with Gasteiger partial charge in [0, 0.05) is 17.3 Å². The van der Waals surface area contributed by atoms with Gasteiger partial charge in [0.05, 0.1) is 6.54 Å². The van der Waals surface area contributed by atoms with E-state index in [1.165, 1.54) is 6.07 Å². The zero-order valence-corrected chi connectivity index (χ0v) is 12.5. The van der Waals surface area contributed by atoms with Gasteiger partial charge >= 0.3 is 6.61 Å². The predicted molar refractivity (Wildman–Crippen MR) is 84.6 cm³/mol. The minimum Gasteiger partial charge on any atom is -0.454 e. The van der Waals surface area contributed by atoms with E-state index in [0.29, 0.717) is 17.1 Å². The number of nitrogens with two attached hydrogens (primary N) is 1. The molecule has 8 heteroatoms. The third-order valence-corrected chi connectivity index (χ3v) is 3.24. The van der Waals surface area contributed by atoms with Crippen molar-refractivity contribution in [1.29, 1.82) is 0 Å². The van der Waals surface area contributed by atoms with Gasteiger partial charge in [-0.1, -0.05) is 18.2 Å². The molecule has 3 N–H and O–H groups in total. The van der Waals surface area contributed by atoms with E-state index < -0.39 is 6.61 Å². The molecule has 0 amide bonds. The highest BCUT2D eigenvalue weighted by Gasteiger charge is 2.19. The monoisotopic (exact) mass is 335 g/mol. The molecule has 0 atom stereocenters. The lowest BCUT2D eigenvalue weighted by Gasteiger charge is -2.11. The van der Waals surface area contributed by atoms with Crippen LogP contribution in [0.25, 0.3) is 0 Å². The maximum Gasteiger partial charge on any atom is 0.387 e. The largest absolute Gasteiger partial charge is 0.454 e. The average Bonchev–Trinajstić information content (AvgIpc) is 3.00. The van der Waals surface area contributed by atoms with Gasteiger partial charge in [0.2, 0.25) is 6.79 Å². The van der Waals surface area contributed by atoms with E-state index in [2.05, 4.69) is 15.0 Å². The minimum atomic E-state index is -2.95. The van der Waals surface area contributed by atoms with Crippen molar-refractivity contribution >= 4 is 11.6 Å². The molecule has 0 aromatic heterocycles. The second kappa shape index (κ2) is 7.03. The first-order valence-corrected chi connectivity index (χ1v) is 7.11. The quantitative estimate of drug-likeness (QED) is 0.649. The number of para-hydroxylation sites is 1. The van der Waals surface area contributed by atoms with Gasteiger partial charge in [0.15, 0.2) is 17.5 Å². The van der Waals surface area contributed by atoms with Crippen molar-refractivity contribution < 1.29 is 23.0 Å². The molecule has 0 radical (unpaired) electrons. The third kappa shape index (κ3) is 3.83. The molecule has 1 heterocycles. The van der Waals surface area contributed by atoms with Crippen molar-refractivity contribution in [3.63, 3.8) is 0 Å². The molecule has 1 aliphatic heterocycles. The van der Waals surface area contributed by atoms with Gasteiger partial charge < -0.3 is 25.3 Å². The molecule has 126 valence electrons. The molecule has 0 aliphatic carbocycles. The SMILES string of the molecule is NC(=NCc1cc2c(cc1OC(F)F)OCO2)Nc1ccccc1. The van der Waals surface area contributed by atoms with E-state index in [0.717, 1.165) is 5.69 Å². The molecule has 0 saturated carbocycles. The first kappa shape index (κ1) is 15.9. The van der Waals surface area contributed by atoms with Gasteiger partial charge in [-0.05, 0) is 18.2 Å². The second-order valence-corrected chi connectivity index (χ2v) is 4.88. The van der Waals surface area contributed by atoms with Gasteiger partial charge in [0.1, 0.15) is 5.75 Å². The van der Waals surface area contributed by atoms with Crippen molar-refractivity contribution in [2.24, 2.45) is 10.7 Å². The fraction of sp³-hybridized carbons (Fsp3) is 0.188. The van der Waals surface area contributed by atoms with Gasteiger partial charge in [-0.25, -0.2) is 4.99 Å². The Bertz CT molecular complexity index is 739. The number of aliphatic imine (C=N–C) groups is 1. The molecule has 3 rings (SSSR count). The van der Waals surface area contributed by atoms with Crippen LogP contribution in [0.15, 0.2) is 47.5 Å². The van der Waals surface area contributed by atoms with Crippen LogP contribution in [0.3, 0.4) is 0 Å². The molecule has 0 fully saturated rings. The number of ether oxygens (including phenoxy) is 3. The molecular formula is C16H15F2N3O3. The molecule has 0 spiro atoms. The number of guanidine groups is 1. The van der Waals surface area contributed by atoms with Crippen molar-refractivity contribution in [2.45, 2.75) is 13.2 Å².